The Hall–Kier alpha value is -0.650. The number of rotatable bonds is 6. The predicted octanol–water partition coefficient (Wildman–Crippen LogP) is 0.391. The molecule has 2 unspecified atom stereocenters. The van der Waals surface area contributed by atoms with Crippen LogP contribution in [0.1, 0.15) is 26.2 Å². The molecule has 1 aliphatic carbocycles. The fourth-order valence-electron chi connectivity index (χ4n) is 2.57. The van der Waals surface area contributed by atoms with Crippen LogP contribution in [0.4, 0.5) is 0 Å². The van der Waals surface area contributed by atoms with Crippen LogP contribution < -0.4 is 5.32 Å². The first-order valence-electron chi connectivity index (χ1n) is 6.69. The second-order valence-corrected chi connectivity index (χ2v) is 5.67. The summed E-state index contributed by atoms with van der Waals surface area (Å²) in [5.41, 5.74) is -0.618. The van der Waals surface area contributed by atoms with Gasteiger partial charge in [0.25, 0.3) is 0 Å². The second-order valence-electron chi connectivity index (χ2n) is 5.67. The summed E-state index contributed by atoms with van der Waals surface area (Å²) in [5, 5.41) is 3.42. The molecule has 104 valence electrons. The summed E-state index contributed by atoms with van der Waals surface area (Å²) in [4.78, 5) is 14.2. The number of methoxy groups -OCH3 is 1. The SMILES string of the molecule is COC(=O)C(C)(CN(C)C1CCOC1)NC1CC1. The summed E-state index contributed by atoms with van der Waals surface area (Å²) in [6, 6.07) is 0.886. The third-order valence-corrected chi connectivity index (χ3v) is 3.83. The Morgan fingerprint density at radius 2 is 2.22 bits per heavy atom. The Morgan fingerprint density at radius 3 is 2.72 bits per heavy atom. The molecule has 1 heterocycles. The average Bonchev–Trinajstić information content (AvgIpc) is 2.98. The molecule has 5 nitrogen and oxygen atoms in total. The van der Waals surface area contributed by atoms with Gasteiger partial charge in [0, 0.05) is 25.2 Å². The van der Waals surface area contributed by atoms with E-state index in [0.29, 0.717) is 18.6 Å². The van der Waals surface area contributed by atoms with E-state index in [0.717, 1.165) is 32.5 Å². The van der Waals surface area contributed by atoms with Crippen LogP contribution in [-0.4, -0.2) is 62.4 Å². The van der Waals surface area contributed by atoms with Crippen molar-refractivity contribution in [3.05, 3.63) is 0 Å². The maximum Gasteiger partial charge on any atom is 0.327 e. The minimum Gasteiger partial charge on any atom is -0.468 e. The lowest BCUT2D eigenvalue weighted by Gasteiger charge is -2.34. The van der Waals surface area contributed by atoms with Crippen molar-refractivity contribution < 1.29 is 14.3 Å². The Kier molecular flexibility index (Phi) is 4.25. The third kappa shape index (κ3) is 3.22. The fourth-order valence-corrected chi connectivity index (χ4v) is 2.57. The van der Waals surface area contributed by atoms with Crippen molar-refractivity contribution in [1.82, 2.24) is 10.2 Å². The van der Waals surface area contributed by atoms with Crippen LogP contribution in [0.15, 0.2) is 0 Å². The summed E-state index contributed by atoms with van der Waals surface area (Å²) >= 11 is 0. The minimum absolute atomic E-state index is 0.180. The van der Waals surface area contributed by atoms with E-state index in [2.05, 4.69) is 17.3 Å². The zero-order valence-corrected chi connectivity index (χ0v) is 11.6. The molecule has 0 radical (unpaired) electrons. The normalized spacial score (nSPS) is 27.2. The largest absolute Gasteiger partial charge is 0.468 e. The number of hydrogen-bond acceptors (Lipinski definition) is 5. The average molecular weight is 256 g/mol. The Labute approximate surface area is 109 Å². The van der Waals surface area contributed by atoms with Gasteiger partial charge in [-0.3, -0.25) is 15.0 Å². The minimum atomic E-state index is -0.618. The van der Waals surface area contributed by atoms with Gasteiger partial charge in [-0.2, -0.15) is 0 Å². The standard InChI is InChI=1S/C13H24N2O3/c1-13(12(16)17-3,14-10-4-5-10)9-15(2)11-6-7-18-8-11/h10-11,14H,4-9H2,1-3H3. The molecule has 1 saturated heterocycles. The van der Waals surface area contributed by atoms with Crippen molar-refractivity contribution in [2.45, 2.75) is 43.8 Å². The van der Waals surface area contributed by atoms with Gasteiger partial charge in [0.2, 0.25) is 0 Å². The lowest BCUT2D eigenvalue weighted by Crippen LogP contribution is -2.59. The van der Waals surface area contributed by atoms with Gasteiger partial charge >= 0.3 is 5.97 Å². The number of hydrogen-bond donors (Lipinski definition) is 1. The molecule has 2 aliphatic rings. The lowest BCUT2D eigenvalue weighted by atomic mass is 10.0. The zero-order valence-electron chi connectivity index (χ0n) is 11.6. The topological polar surface area (TPSA) is 50.8 Å². The van der Waals surface area contributed by atoms with E-state index in [1.54, 1.807) is 0 Å². The number of ether oxygens (including phenoxy) is 2. The van der Waals surface area contributed by atoms with E-state index in [-0.39, 0.29) is 5.97 Å². The third-order valence-electron chi connectivity index (χ3n) is 3.83. The van der Waals surface area contributed by atoms with Crippen LogP contribution in [0.2, 0.25) is 0 Å². The molecule has 0 amide bonds. The first kappa shape index (κ1) is 13.8. The molecule has 1 N–H and O–H groups in total. The van der Waals surface area contributed by atoms with Crippen LogP contribution >= 0.6 is 0 Å². The van der Waals surface area contributed by atoms with Crippen LogP contribution in [0.25, 0.3) is 0 Å². The van der Waals surface area contributed by atoms with Gasteiger partial charge in [-0.1, -0.05) is 0 Å². The molecule has 0 aromatic carbocycles. The second kappa shape index (κ2) is 5.55. The molecule has 0 bridgehead atoms. The highest BCUT2D eigenvalue weighted by atomic mass is 16.5. The summed E-state index contributed by atoms with van der Waals surface area (Å²) in [7, 11) is 3.50. The highest BCUT2D eigenvalue weighted by Crippen LogP contribution is 2.24. The van der Waals surface area contributed by atoms with Crippen molar-refractivity contribution in [3.63, 3.8) is 0 Å². The monoisotopic (exact) mass is 256 g/mol. The lowest BCUT2D eigenvalue weighted by molar-refractivity contribution is -0.149. The van der Waals surface area contributed by atoms with Crippen molar-refractivity contribution in [3.8, 4) is 0 Å². The van der Waals surface area contributed by atoms with Crippen LogP contribution in [0.5, 0.6) is 0 Å². The highest BCUT2D eigenvalue weighted by molar-refractivity contribution is 5.80. The van der Waals surface area contributed by atoms with E-state index in [9.17, 15) is 4.79 Å². The van der Waals surface area contributed by atoms with Crippen molar-refractivity contribution in [1.29, 1.82) is 0 Å². The molecule has 2 fully saturated rings. The van der Waals surface area contributed by atoms with Gasteiger partial charge < -0.3 is 9.47 Å². The smallest absolute Gasteiger partial charge is 0.327 e. The molecule has 1 aliphatic heterocycles. The molecule has 2 rings (SSSR count). The predicted molar refractivity (Wildman–Crippen MR) is 68.4 cm³/mol. The first-order valence-corrected chi connectivity index (χ1v) is 6.69. The Morgan fingerprint density at radius 1 is 1.50 bits per heavy atom. The zero-order chi connectivity index (χ0) is 13.2. The van der Waals surface area contributed by atoms with Crippen LogP contribution in [0.3, 0.4) is 0 Å². The van der Waals surface area contributed by atoms with Gasteiger partial charge in [0.15, 0.2) is 0 Å². The number of nitrogens with one attached hydrogen (secondary N) is 1. The molecule has 2 atom stereocenters. The van der Waals surface area contributed by atoms with Gasteiger partial charge in [-0.25, -0.2) is 0 Å². The maximum absolute atomic E-state index is 12.0. The van der Waals surface area contributed by atoms with E-state index >= 15 is 0 Å². The van der Waals surface area contributed by atoms with Gasteiger partial charge in [0.05, 0.1) is 13.7 Å². The first-order chi connectivity index (χ1) is 8.55. The van der Waals surface area contributed by atoms with Crippen molar-refractivity contribution in [2.24, 2.45) is 0 Å². The van der Waals surface area contributed by atoms with Gasteiger partial charge in [0.1, 0.15) is 5.54 Å². The summed E-state index contributed by atoms with van der Waals surface area (Å²) in [6.45, 7) is 4.17. The number of carbonyl (C=O) groups is 1. The number of esters is 1. The molecule has 0 aromatic heterocycles. The summed E-state index contributed by atoms with van der Waals surface area (Å²) < 4.78 is 10.3. The Bertz CT molecular complexity index is 301. The molecule has 18 heavy (non-hydrogen) atoms. The van der Waals surface area contributed by atoms with E-state index < -0.39 is 5.54 Å². The highest BCUT2D eigenvalue weighted by Gasteiger charge is 2.41. The van der Waals surface area contributed by atoms with E-state index in [1.807, 2.05) is 6.92 Å². The van der Waals surface area contributed by atoms with Crippen molar-refractivity contribution in [2.75, 3.05) is 33.9 Å². The van der Waals surface area contributed by atoms with E-state index in [4.69, 9.17) is 9.47 Å². The van der Waals surface area contributed by atoms with Gasteiger partial charge in [-0.15, -0.1) is 0 Å². The number of carbonyl (C=O) groups excluding carboxylic acids is 1. The maximum atomic E-state index is 12.0. The molecular formula is C13H24N2O3. The Balaban J connectivity index is 1.96. The molecular weight excluding hydrogens is 232 g/mol. The number of nitrogens with zero attached hydrogens (tertiary/aromatic N) is 1. The number of likely N-dealkylation sites (N-methyl/N-ethyl adjacent to an activating group) is 1. The molecule has 0 spiro atoms. The van der Waals surface area contributed by atoms with Crippen LogP contribution in [0, 0.1) is 0 Å². The molecule has 1 saturated carbocycles. The molecule has 5 heteroatoms. The molecule has 0 aromatic rings. The van der Waals surface area contributed by atoms with Crippen LogP contribution in [-0.2, 0) is 14.3 Å². The quantitative estimate of drug-likeness (QED) is 0.697. The van der Waals surface area contributed by atoms with Crippen molar-refractivity contribution >= 4 is 5.97 Å². The van der Waals surface area contributed by atoms with Gasteiger partial charge in [-0.05, 0) is 33.2 Å². The van der Waals surface area contributed by atoms with E-state index in [1.165, 1.54) is 7.11 Å². The summed E-state index contributed by atoms with van der Waals surface area (Å²) in [5.74, 6) is -0.180. The summed E-state index contributed by atoms with van der Waals surface area (Å²) in [6.07, 6.45) is 3.35. The fraction of sp³-hybridized carbons (Fsp3) is 0.923.